The van der Waals surface area contributed by atoms with Crippen LogP contribution in [-0.4, -0.2) is 41.0 Å². The number of aliphatic hydroxyl groups excluding tert-OH is 1. The Labute approximate surface area is 197 Å². The summed E-state index contributed by atoms with van der Waals surface area (Å²) in [5.41, 5.74) is 2.30. The minimum atomic E-state index is -0.981. The Balaban J connectivity index is 1.64. The van der Waals surface area contributed by atoms with E-state index in [4.69, 9.17) is 14.6 Å². The number of hydrogen-bond donors (Lipinski definition) is 2. The van der Waals surface area contributed by atoms with Gasteiger partial charge in [0.25, 0.3) is 0 Å². The number of aliphatic hydroxyl groups is 1. The van der Waals surface area contributed by atoms with Crippen molar-refractivity contribution in [1.29, 1.82) is 0 Å². The Kier molecular flexibility index (Phi) is 9.60. The highest BCUT2D eigenvalue weighted by atomic mass is 16.5. The van der Waals surface area contributed by atoms with Crippen molar-refractivity contribution in [3.8, 4) is 5.75 Å². The molecule has 2 N–H and O–H groups in total. The molecule has 2 aliphatic carbocycles. The van der Waals surface area contributed by atoms with Gasteiger partial charge < -0.3 is 19.7 Å². The SMILES string of the molecule is CCCCC[C@@H](CC[C@@H]1[C@H]2Cc3cccc(OCC(=O)O)c3C[C@H]2C[C@H]1O)OC(=O)CCC. The highest BCUT2D eigenvalue weighted by molar-refractivity contribution is 5.69. The van der Waals surface area contributed by atoms with E-state index in [1.54, 1.807) is 0 Å². The number of esters is 1. The Morgan fingerprint density at radius 2 is 1.94 bits per heavy atom. The van der Waals surface area contributed by atoms with E-state index < -0.39 is 5.97 Å². The molecule has 184 valence electrons. The van der Waals surface area contributed by atoms with Crippen LogP contribution in [-0.2, 0) is 27.2 Å². The predicted octanol–water partition coefficient (Wildman–Crippen LogP) is 4.93. The van der Waals surface area contributed by atoms with Crippen LogP contribution in [0.5, 0.6) is 5.75 Å². The molecule has 0 aliphatic heterocycles. The van der Waals surface area contributed by atoms with Crippen molar-refractivity contribution < 1.29 is 29.3 Å². The summed E-state index contributed by atoms with van der Waals surface area (Å²) in [5, 5.41) is 19.9. The molecule has 0 radical (unpaired) electrons. The second-order valence-corrected chi connectivity index (χ2v) is 9.81. The van der Waals surface area contributed by atoms with Crippen molar-refractivity contribution in [3.05, 3.63) is 29.3 Å². The van der Waals surface area contributed by atoms with Gasteiger partial charge in [-0.3, -0.25) is 4.79 Å². The zero-order valence-electron chi connectivity index (χ0n) is 20.1. The standard InChI is InChI=1S/C27H40O6/c1-3-5-6-10-20(33-27(31)8-4-2)12-13-21-22-14-18-9-7-11-25(32-17-26(29)30)23(18)15-19(22)16-24(21)28/h7,9,11,19-22,24,28H,3-6,8,10,12-17H2,1-2H3,(H,29,30)/t19-,20-,21+,22-,24+/m0/s1. The number of unbranched alkanes of at least 4 members (excludes halogenated alkanes) is 2. The molecular weight excluding hydrogens is 420 g/mol. The number of hydrogen-bond acceptors (Lipinski definition) is 5. The summed E-state index contributed by atoms with van der Waals surface area (Å²) >= 11 is 0. The Morgan fingerprint density at radius 3 is 2.67 bits per heavy atom. The van der Waals surface area contributed by atoms with Gasteiger partial charge in [0.15, 0.2) is 6.61 Å². The maximum absolute atomic E-state index is 12.1. The van der Waals surface area contributed by atoms with Crippen LogP contribution in [0.3, 0.4) is 0 Å². The van der Waals surface area contributed by atoms with Crippen molar-refractivity contribution in [2.24, 2.45) is 17.8 Å². The molecule has 0 saturated heterocycles. The molecule has 33 heavy (non-hydrogen) atoms. The molecule has 2 aliphatic rings. The van der Waals surface area contributed by atoms with Gasteiger partial charge in [-0.2, -0.15) is 0 Å². The van der Waals surface area contributed by atoms with E-state index in [0.717, 1.165) is 69.8 Å². The number of carbonyl (C=O) groups excluding carboxylic acids is 1. The summed E-state index contributed by atoms with van der Waals surface area (Å²) in [6.07, 6.45) is 9.21. The van der Waals surface area contributed by atoms with Crippen LogP contribution in [0.15, 0.2) is 18.2 Å². The van der Waals surface area contributed by atoms with Gasteiger partial charge in [-0.25, -0.2) is 4.79 Å². The molecule has 0 amide bonds. The van der Waals surface area contributed by atoms with E-state index in [-0.39, 0.29) is 30.7 Å². The summed E-state index contributed by atoms with van der Waals surface area (Å²) in [6, 6.07) is 5.87. The van der Waals surface area contributed by atoms with Gasteiger partial charge >= 0.3 is 11.9 Å². The Bertz CT molecular complexity index is 791. The summed E-state index contributed by atoms with van der Waals surface area (Å²) in [4.78, 5) is 23.1. The normalized spacial score (nSPS) is 24.6. The number of carboxylic acid groups (broad SMARTS) is 1. The third-order valence-corrected chi connectivity index (χ3v) is 7.40. The Hall–Kier alpha value is -2.08. The van der Waals surface area contributed by atoms with E-state index in [1.165, 1.54) is 5.56 Å². The van der Waals surface area contributed by atoms with Crippen LogP contribution in [0.25, 0.3) is 0 Å². The van der Waals surface area contributed by atoms with Crippen molar-refractivity contribution in [1.82, 2.24) is 0 Å². The number of fused-ring (bicyclic) bond motifs is 2. The van der Waals surface area contributed by atoms with Crippen LogP contribution in [0, 0.1) is 17.8 Å². The van der Waals surface area contributed by atoms with Gasteiger partial charge in [-0.15, -0.1) is 0 Å². The lowest BCUT2D eigenvalue weighted by Gasteiger charge is -2.32. The number of carbonyl (C=O) groups is 2. The summed E-state index contributed by atoms with van der Waals surface area (Å²) < 4.78 is 11.3. The van der Waals surface area contributed by atoms with E-state index >= 15 is 0 Å². The van der Waals surface area contributed by atoms with Crippen LogP contribution in [0.1, 0.15) is 82.8 Å². The second kappa shape index (κ2) is 12.4. The molecule has 0 heterocycles. The maximum Gasteiger partial charge on any atom is 0.341 e. The lowest BCUT2D eigenvalue weighted by atomic mass is 9.73. The highest BCUT2D eigenvalue weighted by Crippen LogP contribution is 2.48. The zero-order valence-corrected chi connectivity index (χ0v) is 20.1. The molecule has 5 atom stereocenters. The van der Waals surface area contributed by atoms with Gasteiger partial charge in [0.05, 0.1) is 6.10 Å². The molecule has 0 unspecified atom stereocenters. The third-order valence-electron chi connectivity index (χ3n) is 7.40. The minimum Gasteiger partial charge on any atom is -0.482 e. The quantitative estimate of drug-likeness (QED) is 0.320. The first-order chi connectivity index (χ1) is 15.9. The van der Waals surface area contributed by atoms with Gasteiger partial charge in [-0.1, -0.05) is 38.8 Å². The fourth-order valence-corrected chi connectivity index (χ4v) is 5.79. The second-order valence-electron chi connectivity index (χ2n) is 9.81. The molecule has 0 aromatic heterocycles. The van der Waals surface area contributed by atoms with Crippen LogP contribution < -0.4 is 4.74 Å². The van der Waals surface area contributed by atoms with Gasteiger partial charge in [0.1, 0.15) is 11.9 Å². The van der Waals surface area contributed by atoms with Crippen LogP contribution >= 0.6 is 0 Å². The number of rotatable bonds is 13. The summed E-state index contributed by atoms with van der Waals surface area (Å²) in [6.45, 7) is 3.82. The van der Waals surface area contributed by atoms with E-state index in [0.29, 0.717) is 24.0 Å². The predicted molar refractivity (Wildman–Crippen MR) is 126 cm³/mol. The lowest BCUT2D eigenvalue weighted by molar-refractivity contribution is -0.150. The van der Waals surface area contributed by atoms with Gasteiger partial charge in [0, 0.05) is 6.42 Å². The Morgan fingerprint density at radius 1 is 1.12 bits per heavy atom. The summed E-state index contributed by atoms with van der Waals surface area (Å²) in [5.74, 6) is 0.531. The molecule has 6 nitrogen and oxygen atoms in total. The molecule has 6 heteroatoms. The zero-order chi connectivity index (χ0) is 23.8. The first kappa shape index (κ1) is 25.5. The fraction of sp³-hybridized carbons (Fsp3) is 0.704. The maximum atomic E-state index is 12.1. The highest BCUT2D eigenvalue weighted by Gasteiger charge is 2.45. The van der Waals surface area contributed by atoms with Crippen molar-refractivity contribution in [2.75, 3.05) is 6.61 Å². The lowest BCUT2D eigenvalue weighted by Crippen LogP contribution is -2.29. The molecule has 1 aromatic rings. The number of benzene rings is 1. The van der Waals surface area contributed by atoms with Gasteiger partial charge in [0.2, 0.25) is 0 Å². The minimum absolute atomic E-state index is 0.0613. The van der Waals surface area contributed by atoms with E-state index in [2.05, 4.69) is 13.0 Å². The average Bonchev–Trinajstić information content (AvgIpc) is 3.08. The molecule has 0 bridgehead atoms. The first-order valence-corrected chi connectivity index (χ1v) is 12.8. The van der Waals surface area contributed by atoms with Crippen LogP contribution in [0.2, 0.25) is 0 Å². The number of aliphatic carboxylic acids is 1. The first-order valence-electron chi connectivity index (χ1n) is 12.8. The summed E-state index contributed by atoms with van der Waals surface area (Å²) in [7, 11) is 0. The van der Waals surface area contributed by atoms with E-state index in [1.807, 2.05) is 19.1 Å². The van der Waals surface area contributed by atoms with Crippen molar-refractivity contribution in [3.63, 3.8) is 0 Å². The van der Waals surface area contributed by atoms with E-state index in [9.17, 15) is 14.7 Å². The van der Waals surface area contributed by atoms with Crippen molar-refractivity contribution >= 4 is 11.9 Å². The monoisotopic (exact) mass is 460 g/mol. The number of carboxylic acids is 1. The molecular formula is C27H40O6. The largest absolute Gasteiger partial charge is 0.482 e. The molecule has 1 fully saturated rings. The molecule has 0 spiro atoms. The third kappa shape index (κ3) is 6.95. The van der Waals surface area contributed by atoms with Gasteiger partial charge in [-0.05, 0) is 86.3 Å². The molecule has 3 rings (SSSR count). The average molecular weight is 461 g/mol. The molecule has 1 saturated carbocycles. The topological polar surface area (TPSA) is 93.1 Å². The van der Waals surface area contributed by atoms with Crippen molar-refractivity contribution in [2.45, 2.75) is 96.7 Å². The smallest absolute Gasteiger partial charge is 0.341 e. The number of ether oxygens (including phenoxy) is 2. The molecule has 1 aromatic carbocycles. The fourth-order valence-electron chi connectivity index (χ4n) is 5.79. The van der Waals surface area contributed by atoms with Crippen LogP contribution in [0.4, 0.5) is 0 Å².